The molecule has 3 heterocycles. The SMILES string of the molecule is COC1CCN(c2nc(N)nc3nc[nH]c23)CC1. The molecule has 96 valence electrons. The number of piperidine rings is 1. The number of imidazole rings is 1. The Hall–Kier alpha value is -1.89. The van der Waals surface area contributed by atoms with E-state index in [1.807, 2.05) is 0 Å². The van der Waals surface area contributed by atoms with E-state index in [2.05, 4.69) is 24.8 Å². The highest BCUT2D eigenvalue weighted by Crippen LogP contribution is 2.25. The summed E-state index contributed by atoms with van der Waals surface area (Å²) < 4.78 is 5.37. The van der Waals surface area contributed by atoms with Gasteiger partial charge in [-0.05, 0) is 12.8 Å². The smallest absolute Gasteiger partial charge is 0.224 e. The molecule has 0 radical (unpaired) electrons. The van der Waals surface area contributed by atoms with Crippen LogP contribution in [0.25, 0.3) is 11.2 Å². The van der Waals surface area contributed by atoms with E-state index in [1.54, 1.807) is 13.4 Å². The van der Waals surface area contributed by atoms with Gasteiger partial charge in [0.25, 0.3) is 0 Å². The van der Waals surface area contributed by atoms with Gasteiger partial charge in [-0.1, -0.05) is 0 Å². The Morgan fingerprint density at radius 1 is 1.39 bits per heavy atom. The van der Waals surface area contributed by atoms with Gasteiger partial charge in [-0.25, -0.2) is 4.98 Å². The van der Waals surface area contributed by atoms with Gasteiger partial charge in [0, 0.05) is 20.2 Å². The Labute approximate surface area is 104 Å². The van der Waals surface area contributed by atoms with Gasteiger partial charge < -0.3 is 20.4 Å². The summed E-state index contributed by atoms with van der Waals surface area (Å²) in [6.45, 7) is 1.81. The minimum atomic E-state index is 0.262. The minimum absolute atomic E-state index is 0.262. The summed E-state index contributed by atoms with van der Waals surface area (Å²) in [6.07, 6.45) is 3.95. The summed E-state index contributed by atoms with van der Waals surface area (Å²) >= 11 is 0. The van der Waals surface area contributed by atoms with Gasteiger partial charge in [-0.2, -0.15) is 9.97 Å². The molecule has 0 spiro atoms. The Balaban J connectivity index is 1.92. The molecule has 0 aromatic carbocycles. The van der Waals surface area contributed by atoms with Crippen LogP contribution in [0.2, 0.25) is 0 Å². The maximum atomic E-state index is 5.72. The summed E-state index contributed by atoms with van der Waals surface area (Å²) in [5.41, 5.74) is 7.18. The first-order chi connectivity index (χ1) is 8.78. The molecule has 1 aliphatic rings. The first-order valence-electron chi connectivity index (χ1n) is 6.02. The van der Waals surface area contributed by atoms with Crippen molar-refractivity contribution < 1.29 is 4.74 Å². The number of aromatic nitrogens is 4. The van der Waals surface area contributed by atoms with E-state index in [0.717, 1.165) is 37.3 Å². The monoisotopic (exact) mass is 248 g/mol. The molecular weight excluding hydrogens is 232 g/mol. The van der Waals surface area contributed by atoms with Crippen LogP contribution in [0, 0.1) is 0 Å². The molecule has 3 N–H and O–H groups in total. The lowest BCUT2D eigenvalue weighted by Gasteiger charge is -2.32. The predicted molar refractivity (Wildman–Crippen MR) is 68.3 cm³/mol. The van der Waals surface area contributed by atoms with Crippen LogP contribution in [0.1, 0.15) is 12.8 Å². The Bertz CT molecular complexity index is 545. The topological polar surface area (TPSA) is 92.9 Å². The standard InChI is InChI=1S/C11H16N6O/c1-18-7-2-4-17(5-3-7)10-8-9(14-6-13-8)15-11(12)16-10/h6-7H,2-5H2,1H3,(H3,12,13,14,15,16). The van der Waals surface area contributed by atoms with Crippen molar-refractivity contribution in [1.29, 1.82) is 0 Å². The molecule has 7 heteroatoms. The molecule has 0 unspecified atom stereocenters. The molecule has 0 saturated carbocycles. The summed E-state index contributed by atoms with van der Waals surface area (Å²) in [6, 6.07) is 0. The number of fused-ring (bicyclic) bond motifs is 1. The van der Waals surface area contributed by atoms with Crippen molar-refractivity contribution in [2.24, 2.45) is 0 Å². The van der Waals surface area contributed by atoms with Crippen LogP contribution < -0.4 is 10.6 Å². The van der Waals surface area contributed by atoms with E-state index < -0.39 is 0 Å². The van der Waals surface area contributed by atoms with Gasteiger partial charge in [0.15, 0.2) is 11.5 Å². The Morgan fingerprint density at radius 3 is 2.89 bits per heavy atom. The number of nitrogens with two attached hydrogens (primary N) is 1. The average molecular weight is 248 g/mol. The third-order valence-electron chi connectivity index (χ3n) is 3.36. The fraction of sp³-hybridized carbons (Fsp3) is 0.545. The minimum Gasteiger partial charge on any atom is -0.381 e. The van der Waals surface area contributed by atoms with Crippen LogP contribution in [0.3, 0.4) is 0 Å². The number of nitrogens with one attached hydrogen (secondary N) is 1. The third-order valence-corrected chi connectivity index (χ3v) is 3.36. The highest BCUT2D eigenvalue weighted by molar-refractivity contribution is 5.84. The number of nitrogen functional groups attached to an aromatic ring is 1. The molecule has 2 aromatic heterocycles. The molecule has 0 bridgehead atoms. The van der Waals surface area contributed by atoms with Crippen molar-refractivity contribution >= 4 is 22.9 Å². The summed E-state index contributed by atoms with van der Waals surface area (Å²) in [7, 11) is 1.76. The number of nitrogens with zero attached hydrogens (tertiary/aromatic N) is 4. The highest BCUT2D eigenvalue weighted by atomic mass is 16.5. The quantitative estimate of drug-likeness (QED) is 0.806. The number of hydrogen-bond donors (Lipinski definition) is 2. The van der Waals surface area contributed by atoms with Gasteiger partial charge >= 0.3 is 0 Å². The molecule has 0 atom stereocenters. The molecule has 1 aliphatic heterocycles. The lowest BCUT2D eigenvalue weighted by atomic mass is 10.1. The second-order valence-corrected chi connectivity index (χ2v) is 4.43. The predicted octanol–water partition coefficient (Wildman–Crippen LogP) is 0.550. The van der Waals surface area contributed by atoms with Crippen molar-refractivity contribution in [2.45, 2.75) is 18.9 Å². The molecule has 0 amide bonds. The van der Waals surface area contributed by atoms with E-state index in [1.165, 1.54) is 0 Å². The zero-order valence-electron chi connectivity index (χ0n) is 10.3. The Kier molecular flexibility index (Phi) is 2.75. The molecule has 1 fully saturated rings. The molecule has 2 aromatic rings. The van der Waals surface area contributed by atoms with E-state index >= 15 is 0 Å². The van der Waals surface area contributed by atoms with E-state index in [0.29, 0.717) is 11.8 Å². The molecule has 1 saturated heterocycles. The molecule has 3 rings (SSSR count). The zero-order valence-corrected chi connectivity index (χ0v) is 10.3. The van der Waals surface area contributed by atoms with E-state index in [-0.39, 0.29) is 5.95 Å². The van der Waals surface area contributed by atoms with Crippen molar-refractivity contribution in [3.8, 4) is 0 Å². The first kappa shape index (κ1) is 11.2. The summed E-state index contributed by atoms with van der Waals surface area (Å²) in [5, 5.41) is 0. The zero-order chi connectivity index (χ0) is 12.5. The van der Waals surface area contributed by atoms with Gasteiger partial charge in [0.1, 0.15) is 5.52 Å². The van der Waals surface area contributed by atoms with E-state index in [9.17, 15) is 0 Å². The fourth-order valence-electron chi connectivity index (χ4n) is 2.37. The van der Waals surface area contributed by atoms with Gasteiger partial charge in [-0.15, -0.1) is 0 Å². The summed E-state index contributed by atoms with van der Waals surface area (Å²) in [4.78, 5) is 17.8. The van der Waals surface area contributed by atoms with Crippen molar-refractivity contribution in [3.63, 3.8) is 0 Å². The van der Waals surface area contributed by atoms with Crippen LogP contribution in [-0.2, 0) is 4.74 Å². The average Bonchev–Trinajstić information content (AvgIpc) is 2.86. The fourth-order valence-corrected chi connectivity index (χ4v) is 2.37. The maximum Gasteiger partial charge on any atom is 0.224 e. The molecule has 0 aliphatic carbocycles. The number of anilines is 2. The van der Waals surface area contributed by atoms with Gasteiger partial charge in [-0.3, -0.25) is 0 Å². The number of hydrogen-bond acceptors (Lipinski definition) is 6. The van der Waals surface area contributed by atoms with Gasteiger partial charge in [0.2, 0.25) is 5.95 Å². The molecule has 7 nitrogen and oxygen atoms in total. The third kappa shape index (κ3) is 1.86. The normalized spacial score (nSPS) is 17.5. The van der Waals surface area contributed by atoms with E-state index in [4.69, 9.17) is 10.5 Å². The number of ether oxygens (including phenoxy) is 1. The molecule has 18 heavy (non-hydrogen) atoms. The number of aromatic amines is 1. The number of H-pyrrole nitrogens is 1. The first-order valence-corrected chi connectivity index (χ1v) is 6.02. The van der Waals surface area contributed by atoms with Crippen LogP contribution in [0.4, 0.5) is 11.8 Å². The highest BCUT2D eigenvalue weighted by Gasteiger charge is 2.22. The Morgan fingerprint density at radius 2 is 2.17 bits per heavy atom. The number of methoxy groups -OCH3 is 1. The van der Waals surface area contributed by atoms with Crippen molar-refractivity contribution in [3.05, 3.63) is 6.33 Å². The van der Waals surface area contributed by atoms with Crippen LogP contribution in [-0.4, -0.2) is 46.2 Å². The van der Waals surface area contributed by atoms with Crippen LogP contribution >= 0.6 is 0 Å². The van der Waals surface area contributed by atoms with Crippen LogP contribution in [0.15, 0.2) is 6.33 Å². The second kappa shape index (κ2) is 4.41. The lowest BCUT2D eigenvalue weighted by molar-refractivity contribution is 0.0818. The largest absolute Gasteiger partial charge is 0.381 e. The summed E-state index contributed by atoms with van der Waals surface area (Å²) in [5.74, 6) is 1.10. The number of rotatable bonds is 2. The lowest BCUT2D eigenvalue weighted by Crippen LogP contribution is -2.37. The maximum absolute atomic E-state index is 5.72. The van der Waals surface area contributed by atoms with Crippen LogP contribution in [0.5, 0.6) is 0 Å². The molecular formula is C11H16N6O. The van der Waals surface area contributed by atoms with Gasteiger partial charge in [0.05, 0.1) is 12.4 Å². The van der Waals surface area contributed by atoms with Crippen molar-refractivity contribution in [2.75, 3.05) is 30.8 Å². The van der Waals surface area contributed by atoms with Crippen molar-refractivity contribution in [1.82, 2.24) is 19.9 Å². The second-order valence-electron chi connectivity index (χ2n) is 4.43.